The Balaban J connectivity index is -0.0000000450. The molecule has 0 aromatic rings. The van der Waals surface area contributed by atoms with Gasteiger partial charge in [-0.3, -0.25) is 10.1 Å². The molecule has 0 aromatic heterocycles. The van der Waals surface area contributed by atoms with Crippen molar-refractivity contribution in [2.75, 3.05) is 7.05 Å². The quantitative estimate of drug-likeness (QED) is 0.273. The second-order valence-electron chi connectivity index (χ2n) is 1.42. The molecule has 0 bridgehead atoms. The van der Waals surface area contributed by atoms with Gasteiger partial charge in [0.2, 0.25) is 0 Å². The maximum atomic E-state index is 8.89. The zero-order chi connectivity index (χ0) is 10.7. The number of carbonyl (C=O) groups excluding carboxylic acids is 2. The summed E-state index contributed by atoms with van der Waals surface area (Å²) in [6.45, 7) is 1.94. The van der Waals surface area contributed by atoms with E-state index in [0.29, 0.717) is 0 Å². The first-order chi connectivity index (χ1) is 5.20. The molecule has 13 heavy (non-hydrogen) atoms. The molecular formula is C5H9NO6Pd. The molecule has 8 heteroatoms. The third-order valence-corrected chi connectivity index (χ3v) is 0. The van der Waals surface area contributed by atoms with Crippen molar-refractivity contribution in [3.63, 3.8) is 0 Å². The van der Waals surface area contributed by atoms with Crippen molar-refractivity contribution in [1.29, 1.82) is 0 Å². The summed E-state index contributed by atoms with van der Waals surface area (Å²) in [5.41, 5.74) is 0. The van der Waals surface area contributed by atoms with E-state index in [0.717, 1.165) is 20.9 Å². The molecule has 0 atom stereocenters. The summed E-state index contributed by atoms with van der Waals surface area (Å²) < 4.78 is 0. The molecule has 0 radical (unpaired) electrons. The van der Waals surface area contributed by atoms with E-state index < -0.39 is 16.9 Å². The van der Waals surface area contributed by atoms with Gasteiger partial charge in [-0.15, -0.1) is 0 Å². The summed E-state index contributed by atoms with van der Waals surface area (Å²) in [4.78, 5) is 26.1. The van der Waals surface area contributed by atoms with E-state index in [4.69, 9.17) is 29.9 Å². The standard InChI is InChI=1S/2C2H4O2.CH3NO2.Pd/c3*1-2(3)4;/h2*1H3,(H,3,4);1H3;/q;;;+2/p-2. The van der Waals surface area contributed by atoms with E-state index in [9.17, 15) is 0 Å². The minimum Gasteiger partial charge on any atom is -0.550 e. The van der Waals surface area contributed by atoms with Crippen molar-refractivity contribution in [3.8, 4) is 0 Å². The first kappa shape index (κ1) is 22.7. The van der Waals surface area contributed by atoms with Crippen LogP contribution in [0.4, 0.5) is 0 Å². The van der Waals surface area contributed by atoms with Crippen LogP contribution < -0.4 is 10.2 Å². The summed E-state index contributed by atoms with van der Waals surface area (Å²) in [5.74, 6) is -2.17. The Morgan fingerprint density at radius 3 is 1.08 bits per heavy atom. The number of rotatable bonds is 0. The van der Waals surface area contributed by atoms with Crippen LogP contribution in [0.2, 0.25) is 0 Å². The van der Waals surface area contributed by atoms with Gasteiger partial charge in [0.25, 0.3) is 0 Å². The van der Waals surface area contributed by atoms with Gasteiger partial charge in [0, 0.05) is 16.9 Å². The first-order valence-corrected chi connectivity index (χ1v) is 2.63. The van der Waals surface area contributed by atoms with Crippen LogP contribution in [0.15, 0.2) is 0 Å². The predicted molar refractivity (Wildman–Crippen MR) is 34.3 cm³/mol. The van der Waals surface area contributed by atoms with E-state index in [1.54, 1.807) is 0 Å². The van der Waals surface area contributed by atoms with Crippen LogP contribution in [0.3, 0.4) is 0 Å². The molecule has 0 fully saturated rings. The number of nitro groups is 1. The number of carboxylic acid groups (broad SMARTS) is 2. The predicted octanol–water partition coefficient (Wildman–Crippen LogP) is -2.60. The van der Waals surface area contributed by atoms with E-state index in [1.165, 1.54) is 0 Å². The van der Waals surface area contributed by atoms with Crippen LogP contribution in [0, 0.1) is 10.1 Å². The Kier molecular flexibility index (Phi) is 30.0. The van der Waals surface area contributed by atoms with Crippen LogP contribution in [0.25, 0.3) is 0 Å². The fraction of sp³-hybridized carbons (Fsp3) is 0.600. The summed E-state index contributed by atoms with van der Waals surface area (Å²) in [7, 11) is 0.889. The Bertz CT molecular complexity index is 119. The molecule has 0 saturated carbocycles. The zero-order valence-corrected chi connectivity index (χ0v) is 8.77. The molecule has 0 N–H and O–H groups in total. The molecule has 0 saturated heterocycles. The molecule has 0 aliphatic carbocycles. The van der Waals surface area contributed by atoms with Gasteiger partial charge in [-0.1, -0.05) is 0 Å². The Morgan fingerprint density at radius 2 is 1.08 bits per heavy atom. The van der Waals surface area contributed by atoms with E-state index in [1.807, 2.05) is 0 Å². The van der Waals surface area contributed by atoms with Gasteiger partial charge >= 0.3 is 20.4 Å². The summed E-state index contributed by atoms with van der Waals surface area (Å²) in [6, 6.07) is 0. The van der Waals surface area contributed by atoms with Gasteiger partial charge in [0.1, 0.15) is 0 Å². The van der Waals surface area contributed by atoms with Crippen LogP contribution >= 0.6 is 0 Å². The number of hydrogen-bond donors (Lipinski definition) is 0. The molecule has 0 aliphatic rings. The molecular weight excluding hydrogens is 276 g/mol. The van der Waals surface area contributed by atoms with Gasteiger partial charge in [0.15, 0.2) is 7.05 Å². The fourth-order valence-corrected chi connectivity index (χ4v) is 0. The second-order valence-corrected chi connectivity index (χ2v) is 1.42. The van der Waals surface area contributed by atoms with E-state index in [-0.39, 0.29) is 20.4 Å². The van der Waals surface area contributed by atoms with Crippen LogP contribution in [-0.4, -0.2) is 23.9 Å². The minimum atomic E-state index is -1.08. The Morgan fingerprint density at radius 1 is 1.08 bits per heavy atom. The number of hydrogen-bond acceptors (Lipinski definition) is 6. The molecule has 0 unspecified atom stereocenters. The summed E-state index contributed by atoms with van der Waals surface area (Å²) in [5, 5.41) is 26.6. The van der Waals surface area contributed by atoms with Gasteiger partial charge in [-0.2, -0.15) is 0 Å². The maximum absolute atomic E-state index is 8.89. The SMILES string of the molecule is CC(=O)[O-].CC(=O)[O-].C[N+](=O)[O-].[Pd+2]. The summed E-state index contributed by atoms with van der Waals surface area (Å²) >= 11 is 0. The molecule has 0 aromatic carbocycles. The van der Waals surface area contributed by atoms with Crippen molar-refractivity contribution in [2.24, 2.45) is 0 Å². The maximum Gasteiger partial charge on any atom is 2.00 e. The first-order valence-electron chi connectivity index (χ1n) is 2.63. The number of carboxylic acids is 2. The van der Waals surface area contributed by atoms with Gasteiger partial charge in [0.05, 0.1) is 0 Å². The largest absolute Gasteiger partial charge is 2.00 e. The Labute approximate surface area is 88.6 Å². The molecule has 0 aliphatic heterocycles. The van der Waals surface area contributed by atoms with Crippen LogP contribution in [-0.2, 0) is 30.0 Å². The minimum absolute atomic E-state index is 0. The van der Waals surface area contributed by atoms with E-state index >= 15 is 0 Å². The molecule has 0 spiro atoms. The van der Waals surface area contributed by atoms with Crippen molar-refractivity contribution >= 4 is 11.9 Å². The third-order valence-electron chi connectivity index (χ3n) is 0. The zero-order valence-electron chi connectivity index (χ0n) is 7.21. The number of aliphatic carboxylic acids is 2. The fourth-order valence-electron chi connectivity index (χ4n) is 0. The molecule has 80 valence electrons. The molecule has 7 nitrogen and oxygen atoms in total. The topological polar surface area (TPSA) is 123 Å². The van der Waals surface area contributed by atoms with Gasteiger partial charge in [-0.05, 0) is 13.8 Å². The average molecular weight is 286 g/mol. The van der Waals surface area contributed by atoms with Crippen LogP contribution in [0.1, 0.15) is 13.8 Å². The average Bonchev–Trinajstić information content (AvgIpc) is 1.54. The molecule has 0 rings (SSSR count). The molecule has 0 amide bonds. The monoisotopic (exact) mass is 285 g/mol. The second kappa shape index (κ2) is 17.2. The van der Waals surface area contributed by atoms with Gasteiger partial charge < -0.3 is 19.8 Å². The van der Waals surface area contributed by atoms with Crippen LogP contribution in [0.5, 0.6) is 0 Å². The number of carbonyl (C=O) groups is 2. The van der Waals surface area contributed by atoms with Crippen molar-refractivity contribution in [1.82, 2.24) is 0 Å². The van der Waals surface area contributed by atoms with Gasteiger partial charge in [-0.25, -0.2) is 0 Å². The van der Waals surface area contributed by atoms with Crippen molar-refractivity contribution in [3.05, 3.63) is 10.1 Å². The molecule has 0 heterocycles. The van der Waals surface area contributed by atoms with E-state index in [2.05, 4.69) is 0 Å². The van der Waals surface area contributed by atoms with Crippen molar-refractivity contribution < 1.29 is 45.1 Å². The smallest absolute Gasteiger partial charge is 0.550 e. The van der Waals surface area contributed by atoms with Crippen molar-refractivity contribution in [2.45, 2.75) is 13.8 Å². The normalized spacial score (nSPS) is 5.77. The Hall–Kier alpha value is -0.998. The third kappa shape index (κ3) is 896. The number of nitrogens with zero attached hydrogens (tertiary/aromatic N) is 1. The summed E-state index contributed by atoms with van der Waals surface area (Å²) in [6.07, 6.45) is 0.